The lowest BCUT2D eigenvalue weighted by Crippen LogP contribution is -2.38. The van der Waals surface area contributed by atoms with Crippen molar-refractivity contribution in [1.82, 2.24) is 5.32 Å². The number of hydrogen-bond acceptors (Lipinski definition) is 3. The van der Waals surface area contributed by atoms with Crippen molar-refractivity contribution in [3.8, 4) is 0 Å². The average molecular weight is 350 g/mol. The molecule has 1 aliphatic rings. The summed E-state index contributed by atoms with van der Waals surface area (Å²) in [5.41, 5.74) is 0.896. The molecule has 0 aromatic heterocycles. The normalized spacial score (nSPS) is 22.0. The summed E-state index contributed by atoms with van der Waals surface area (Å²) in [6, 6.07) is 5.12. The van der Waals surface area contributed by atoms with Crippen LogP contribution in [0, 0.1) is 5.92 Å². The highest BCUT2D eigenvalue weighted by Crippen LogP contribution is 2.23. The van der Waals surface area contributed by atoms with Gasteiger partial charge in [-0.1, -0.05) is 29.3 Å². The minimum Gasteiger partial charge on any atom is -0.353 e. The number of sulfone groups is 1. The van der Waals surface area contributed by atoms with E-state index >= 15 is 0 Å². The molecule has 1 aromatic rings. The number of hydrogen-bond donors (Lipinski definition) is 1. The first-order valence-corrected chi connectivity index (χ1v) is 9.29. The van der Waals surface area contributed by atoms with Gasteiger partial charge in [-0.2, -0.15) is 0 Å². The summed E-state index contributed by atoms with van der Waals surface area (Å²) in [5.74, 6) is -0.581. The summed E-state index contributed by atoms with van der Waals surface area (Å²) in [4.78, 5) is 12.0. The smallest absolute Gasteiger partial charge is 0.224 e. The largest absolute Gasteiger partial charge is 0.353 e. The Balaban J connectivity index is 1.92. The van der Waals surface area contributed by atoms with E-state index in [1.54, 1.807) is 12.1 Å². The summed E-state index contributed by atoms with van der Waals surface area (Å²) in [5, 5.41) is 3.98. The van der Waals surface area contributed by atoms with E-state index < -0.39 is 15.8 Å². The Hall–Kier alpha value is -0.780. The standard InChI is InChI=1S/C14H17Cl2NO3S/c1-9(6-10-2-3-12(15)7-13(10)16)17-14(18)11-4-5-21(19,20)8-11/h2-3,7,9,11H,4-6,8H2,1H3,(H,17,18). The van der Waals surface area contributed by atoms with Crippen LogP contribution >= 0.6 is 23.2 Å². The van der Waals surface area contributed by atoms with Crippen molar-refractivity contribution in [3.63, 3.8) is 0 Å². The molecule has 0 bridgehead atoms. The molecule has 1 saturated heterocycles. The first kappa shape index (κ1) is 16.6. The van der Waals surface area contributed by atoms with Crippen LogP contribution in [0.2, 0.25) is 10.0 Å². The number of rotatable bonds is 4. The molecular weight excluding hydrogens is 333 g/mol. The minimum absolute atomic E-state index is 0.0484. The van der Waals surface area contributed by atoms with E-state index in [1.807, 2.05) is 13.0 Å². The third kappa shape index (κ3) is 4.59. The van der Waals surface area contributed by atoms with Gasteiger partial charge in [-0.25, -0.2) is 8.42 Å². The lowest BCUT2D eigenvalue weighted by atomic mass is 10.0. The summed E-state index contributed by atoms with van der Waals surface area (Å²) >= 11 is 11.9. The minimum atomic E-state index is -3.04. The highest BCUT2D eigenvalue weighted by Gasteiger charge is 2.33. The number of halogens is 2. The summed E-state index contributed by atoms with van der Waals surface area (Å²) in [6.45, 7) is 1.87. The van der Waals surface area contributed by atoms with Crippen LogP contribution in [-0.4, -0.2) is 31.9 Å². The number of carbonyl (C=O) groups excluding carboxylic acids is 1. The fraction of sp³-hybridized carbons (Fsp3) is 0.500. The third-order valence-electron chi connectivity index (χ3n) is 3.53. The predicted octanol–water partition coefficient (Wildman–Crippen LogP) is 2.48. The van der Waals surface area contributed by atoms with Crippen molar-refractivity contribution in [2.75, 3.05) is 11.5 Å². The van der Waals surface area contributed by atoms with Crippen LogP contribution in [0.5, 0.6) is 0 Å². The van der Waals surface area contributed by atoms with Gasteiger partial charge >= 0.3 is 0 Å². The molecule has 1 heterocycles. The second-order valence-corrected chi connectivity index (χ2v) is 8.52. The van der Waals surface area contributed by atoms with E-state index in [0.717, 1.165) is 5.56 Å². The molecule has 1 N–H and O–H groups in total. The Labute approximate surface area is 134 Å². The van der Waals surface area contributed by atoms with Gasteiger partial charge in [0.2, 0.25) is 5.91 Å². The molecule has 21 heavy (non-hydrogen) atoms. The lowest BCUT2D eigenvalue weighted by Gasteiger charge is -2.17. The molecule has 0 saturated carbocycles. The number of benzene rings is 1. The highest BCUT2D eigenvalue weighted by atomic mass is 35.5. The fourth-order valence-corrected chi connectivity index (χ4v) is 4.66. The topological polar surface area (TPSA) is 63.2 Å². The fourth-order valence-electron chi connectivity index (χ4n) is 2.43. The Morgan fingerprint density at radius 3 is 2.71 bits per heavy atom. The summed E-state index contributed by atoms with van der Waals surface area (Å²) < 4.78 is 22.8. The van der Waals surface area contributed by atoms with Crippen molar-refractivity contribution >= 4 is 38.9 Å². The molecule has 4 nitrogen and oxygen atoms in total. The summed E-state index contributed by atoms with van der Waals surface area (Å²) in [7, 11) is -3.04. The van der Waals surface area contributed by atoms with Crippen LogP contribution < -0.4 is 5.32 Å². The van der Waals surface area contributed by atoms with Crippen molar-refractivity contribution in [1.29, 1.82) is 0 Å². The molecule has 2 rings (SSSR count). The van der Waals surface area contributed by atoms with Gasteiger partial charge in [0, 0.05) is 16.1 Å². The van der Waals surface area contributed by atoms with E-state index in [0.29, 0.717) is 22.9 Å². The van der Waals surface area contributed by atoms with Gasteiger partial charge in [0.25, 0.3) is 0 Å². The third-order valence-corrected chi connectivity index (χ3v) is 5.89. The van der Waals surface area contributed by atoms with Gasteiger partial charge in [0.05, 0.1) is 17.4 Å². The maximum atomic E-state index is 12.0. The maximum absolute atomic E-state index is 12.0. The van der Waals surface area contributed by atoms with E-state index in [1.165, 1.54) is 0 Å². The SMILES string of the molecule is CC(Cc1ccc(Cl)cc1Cl)NC(=O)C1CCS(=O)(=O)C1. The molecule has 0 radical (unpaired) electrons. The molecule has 0 spiro atoms. The number of nitrogens with one attached hydrogen (secondary N) is 1. The molecule has 116 valence electrons. The molecule has 1 amide bonds. The Morgan fingerprint density at radius 2 is 2.14 bits per heavy atom. The van der Waals surface area contributed by atoms with Crippen LogP contribution in [0.1, 0.15) is 18.9 Å². The Bertz CT molecular complexity index is 646. The van der Waals surface area contributed by atoms with Crippen LogP contribution in [0.4, 0.5) is 0 Å². The molecule has 2 unspecified atom stereocenters. The molecule has 1 fully saturated rings. The maximum Gasteiger partial charge on any atom is 0.224 e. The highest BCUT2D eigenvalue weighted by molar-refractivity contribution is 7.91. The second-order valence-electron chi connectivity index (χ2n) is 5.45. The van der Waals surface area contributed by atoms with Gasteiger partial charge in [0.15, 0.2) is 9.84 Å². The molecule has 0 aliphatic carbocycles. The zero-order valence-corrected chi connectivity index (χ0v) is 13.9. The van der Waals surface area contributed by atoms with E-state index in [4.69, 9.17) is 23.2 Å². The molecule has 7 heteroatoms. The molecule has 1 aliphatic heterocycles. The lowest BCUT2D eigenvalue weighted by molar-refractivity contribution is -0.124. The monoisotopic (exact) mass is 349 g/mol. The van der Waals surface area contributed by atoms with Crippen LogP contribution in [0.3, 0.4) is 0 Å². The van der Waals surface area contributed by atoms with Gasteiger partial charge in [-0.15, -0.1) is 0 Å². The molecule has 1 aromatic carbocycles. The predicted molar refractivity (Wildman–Crippen MR) is 84.5 cm³/mol. The molecular formula is C14H17Cl2NO3S. The Morgan fingerprint density at radius 1 is 1.43 bits per heavy atom. The van der Waals surface area contributed by atoms with Gasteiger partial charge in [-0.3, -0.25) is 4.79 Å². The van der Waals surface area contributed by atoms with E-state index in [9.17, 15) is 13.2 Å². The first-order valence-electron chi connectivity index (χ1n) is 6.71. The van der Waals surface area contributed by atoms with Crippen molar-refractivity contribution in [3.05, 3.63) is 33.8 Å². The van der Waals surface area contributed by atoms with E-state index in [-0.39, 0.29) is 23.5 Å². The van der Waals surface area contributed by atoms with Crippen LogP contribution in [-0.2, 0) is 21.1 Å². The van der Waals surface area contributed by atoms with E-state index in [2.05, 4.69) is 5.32 Å². The zero-order chi connectivity index (χ0) is 15.6. The number of carbonyl (C=O) groups is 1. The zero-order valence-electron chi connectivity index (χ0n) is 11.6. The van der Waals surface area contributed by atoms with Crippen LogP contribution in [0.25, 0.3) is 0 Å². The average Bonchev–Trinajstić information content (AvgIpc) is 2.73. The van der Waals surface area contributed by atoms with Crippen molar-refractivity contribution < 1.29 is 13.2 Å². The molecule has 2 atom stereocenters. The second kappa shape index (κ2) is 6.55. The van der Waals surface area contributed by atoms with Gasteiger partial charge in [0.1, 0.15) is 0 Å². The van der Waals surface area contributed by atoms with Crippen LogP contribution in [0.15, 0.2) is 18.2 Å². The first-order chi connectivity index (χ1) is 9.77. The quantitative estimate of drug-likeness (QED) is 0.907. The van der Waals surface area contributed by atoms with Gasteiger partial charge in [-0.05, 0) is 37.5 Å². The Kier molecular flexibility index (Phi) is 5.17. The van der Waals surface area contributed by atoms with Gasteiger partial charge < -0.3 is 5.32 Å². The summed E-state index contributed by atoms with van der Waals surface area (Å²) in [6.07, 6.45) is 0.976. The number of amides is 1. The van der Waals surface area contributed by atoms with Crippen molar-refractivity contribution in [2.24, 2.45) is 5.92 Å². The van der Waals surface area contributed by atoms with Crippen molar-refractivity contribution in [2.45, 2.75) is 25.8 Å².